The fourth-order valence-corrected chi connectivity index (χ4v) is 3.13. The lowest BCUT2D eigenvalue weighted by Crippen LogP contribution is -2.14. The van der Waals surface area contributed by atoms with Gasteiger partial charge in [0.25, 0.3) is 5.91 Å². The average Bonchev–Trinajstić information content (AvgIpc) is 2.28. The van der Waals surface area contributed by atoms with Gasteiger partial charge >= 0.3 is 0 Å². The highest BCUT2D eigenvalue weighted by Gasteiger charge is 2.09. The van der Waals surface area contributed by atoms with Gasteiger partial charge in [-0.05, 0) is 19.1 Å². The summed E-state index contributed by atoms with van der Waals surface area (Å²) in [5.74, 6) is -0.941. The number of primary amides is 1. The Hall–Kier alpha value is -1.34. The Bertz CT molecular complexity index is 587. The highest BCUT2D eigenvalue weighted by molar-refractivity contribution is 8.00. The monoisotopic (exact) mass is 300 g/mol. The number of nitrogens with zero attached hydrogens (tertiary/aromatic N) is 1. The molecular formula is C12H16N2O3S2. The number of carbonyl (C=O) groups is 2. The molecule has 1 unspecified atom stereocenters. The van der Waals surface area contributed by atoms with E-state index in [0.717, 1.165) is 17.3 Å². The molecule has 1 aromatic rings. The van der Waals surface area contributed by atoms with Crippen molar-refractivity contribution < 1.29 is 13.8 Å². The van der Waals surface area contributed by atoms with E-state index in [9.17, 15) is 13.8 Å². The standard InChI is InChI=1S/C12H16N2O3S2/c1-9-3-5-10(6-4-9)19(2,17)14-12(16)8-18-7-11(13)15/h3-6H,7-8H2,1-2H3,(H2,13,15). The molecule has 0 heterocycles. The molecule has 104 valence electrons. The van der Waals surface area contributed by atoms with Gasteiger partial charge in [-0.1, -0.05) is 17.7 Å². The lowest BCUT2D eigenvalue weighted by molar-refractivity contribution is -0.115. The highest BCUT2D eigenvalue weighted by atomic mass is 32.2. The predicted octanol–water partition coefficient (Wildman–Crippen LogP) is 1.20. The van der Waals surface area contributed by atoms with Gasteiger partial charge < -0.3 is 5.73 Å². The molecule has 1 rings (SSSR count). The van der Waals surface area contributed by atoms with Crippen LogP contribution in [-0.2, 0) is 19.3 Å². The maximum absolute atomic E-state index is 12.3. The van der Waals surface area contributed by atoms with Crippen LogP contribution in [0.25, 0.3) is 0 Å². The largest absolute Gasteiger partial charge is 0.369 e. The van der Waals surface area contributed by atoms with Crippen molar-refractivity contribution in [2.24, 2.45) is 10.1 Å². The maximum atomic E-state index is 12.3. The molecule has 0 aliphatic carbocycles. The van der Waals surface area contributed by atoms with Crippen LogP contribution in [0.1, 0.15) is 5.56 Å². The molecule has 0 saturated carbocycles. The summed E-state index contributed by atoms with van der Waals surface area (Å²) in [5, 5.41) is 0. The first-order chi connectivity index (χ1) is 8.81. The molecule has 2 N–H and O–H groups in total. The molecule has 0 bridgehead atoms. The van der Waals surface area contributed by atoms with E-state index in [0.29, 0.717) is 4.90 Å². The molecule has 0 saturated heterocycles. The van der Waals surface area contributed by atoms with Gasteiger partial charge in [-0.3, -0.25) is 9.59 Å². The lowest BCUT2D eigenvalue weighted by atomic mass is 10.2. The highest BCUT2D eigenvalue weighted by Crippen LogP contribution is 2.13. The van der Waals surface area contributed by atoms with Crippen molar-refractivity contribution in [3.8, 4) is 0 Å². The first-order valence-electron chi connectivity index (χ1n) is 5.49. The zero-order valence-corrected chi connectivity index (χ0v) is 12.4. The third-order valence-electron chi connectivity index (χ3n) is 2.20. The molecule has 7 heteroatoms. The van der Waals surface area contributed by atoms with E-state index in [1.165, 1.54) is 6.26 Å². The molecule has 0 aliphatic heterocycles. The Morgan fingerprint density at radius 2 is 1.84 bits per heavy atom. The number of hydrogen-bond acceptors (Lipinski definition) is 4. The molecule has 0 radical (unpaired) electrons. The first kappa shape index (κ1) is 15.7. The van der Waals surface area contributed by atoms with E-state index in [-0.39, 0.29) is 11.5 Å². The van der Waals surface area contributed by atoms with Gasteiger partial charge in [-0.2, -0.15) is 4.36 Å². The molecule has 2 amide bonds. The van der Waals surface area contributed by atoms with Crippen molar-refractivity contribution in [1.29, 1.82) is 0 Å². The molecule has 19 heavy (non-hydrogen) atoms. The average molecular weight is 300 g/mol. The number of thioether (sulfide) groups is 1. The molecule has 0 spiro atoms. The van der Waals surface area contributed by atoms with E-state index in [1.807, 2.05) is 19.1 Å². The Labute approximate surface area is 117 Å². The van der Waals surface area contributed by atoms with E-state index < -0.39 is 21.5 Å². The minimum atomic E-state index is -2.73. The maximum Gasteiger partial charge on any atom is 0.264 e. The first-order valence-corrected chi connectivity index (χ1v) is 8.57. The van der Waals surface area contributed by atoms with Crippen LogP contribution >= 0.6 is 11.8 Å². The van der Waals surface area contributed by atoms with Crippen LogP contribution in [0, 0.1) is 6.92 Å². The van der Waals surface area contributed by atoms with Gasteiger partial charge in [-0.15, -0.1) is 11.8 Å². The molecule has 0 aliphatic rings. The van der Waals surface area contributed by atoms with Gasteiger partial charge in [0.2, 0.25) is 5.91 Å². The quantitative estimate of drug-likeness (QED) is 0.884. The Kier molecular flexibility index (Phi) is 5.56. The molecule has 5 nitrogen and oxygen atoms in total. The summed E-state index contributed by atoms with van der Waals surface area (Å²) in [5.41, 5.74) is 6.00. The van der Waals surface area contributed by atoms with Crippen LogP contribution in [0.15, 0.2) is 33.5 Å². The van der Waals surface area contributed by atoms with Crippen molar-refractivity contribution in [2.75, 3.05) is 17.8 Å². The molecule has 1 aromatic carbocycles. The number of amides is 2. The van der Waals surface area contributed by atoms with Crippen LogP contribution in [0.3, 0.4) is 0 Å². The molecule has 0 aromatic heterocycles. The summed E-state index contributed by atoms with van der Waals surface area (Å²) >= 11 is 1.06. The van der Waals surface area contributed by atoms with Gasteiger partial charge in [0.15, 0.2) is 0 Å². The topological polar surface area (TPSA) is 89.6 Å². The van der Waals surface area contributed by atoms with Gasteiger partial charge in [0.1, 0.15) is 0 Å². The molecule has 0 fully saturated rings. The van der Waals surface area contributed by atoms with Crippen LogP contribution < -0.4 is 5.73 Å². The number of aryl methyl sites for hydroxylation is 1. The second-order valence-corrected chi connectivity index (χ2v) is 7.30. The van der Waals surface area contributed by atoms with Crippen molar-refractivity contribution in [3.05, 3.63) is 29.8 Å². The second kappa shape index (κ2) is 6.72. The summed E-state index contributed by atoms with van der Waals surface area (Å²) in [6.07, 6.45) is 1.42. The zero-order chi connectivity index (χ0) is 14.5. The molecule has 1 atom stereocenters. The van der Waals surface area contributed by atoms with Crippen molar-refractivity contribution in [3.63, 3.8) is 0 Å². The SMILES string of the molecule is Cc1ccc(S(C)(=O)=NC(=O)CSCC(N)=O)cc1. The summed E-state index contributed by atoms with van der Waals surface area (Å²) in [6, 6.07) is 7.04. The second-order valence-electron chi connectivity index (χ2n) is 4.06. The lowest BCUT2D eigenvalue weighted by Gasteiger charge is -2.04. The van der Waals surface area contributed by atoms with Gasteiger partial charge in [0.05, 0.1) is 21.2 Å². The Balaban J connectivity index is 2.78. The summed E-state index contributed by atoms with van der Waals surface area (Å²) in [7, 11) is -2.73. The minimum Gasteiger partial charge on any atom is -0.369 e. The van der Waals surface area contributed by atoms with Crippen molar-refractivity contribution >= 4 is 33.3 Å². The van der Waals surface area contributed by atoms with Gasteiger partial charge in [0, 0.05) is 11.2 Å². The van der Waals surface area contributed by atoms with E-state index in [1.54, 1.807) is 12.1 Å². The summed E-state index contributed by atoms with van der Waals surface area (Å²) < 4.78 is 16.0. The third-order valence-corrected chi connectivity index (χ3v) is 4.84. The van der Waals surface area contributed by atoms with Gasteiger partial charge in [-0.25, -0.2) is 4.21 Å². The van der Waals surface area contributed by atoms with E-state index in [4.69, 9.17) is 5.73 Å². The summed E-state index contributed by atoms with van der Waals surface area (Å²) in [6.45, 7) is 1.92. The Morgan fingerprint density at radius 3 is 2.37 bits per heavy atom. The van der Waals surface area contributed by atoms with Crippen LogP contribution in [0.2, 0.25) is 0 Å². The van der Waals surface area contributed by atoms with Crippen LogP contribution in [0.4, 0.5) is 0 Å². The number of nitrogens with two attached hydrogens (primary N) is 1. The number of hydrogen-bond donors (Lipinski definition) is 1. The van der Waals surface area contributed by atoms with Crippen LogP contribution in [0.5, 0.6) is 0 Å². The number of rotatable bonds is 5. The normalized spacial score (nSPS) is 13.6. The van der Waals surface area contributed by atoms with Crippen molar-refractivity contribution in [2.45, 2.75) is 11.8 Å². The number of benzene rings is 1. The predicted molar refractivity (Wildman–Crippen MR) is 77.5 cm³/mol. The minimum absolute atomic E-state index is 0.000366. The van der Waals surface area contributed by atoms with Crippen molar-refractivity contribution in [1.82, 2.24) is 0 Å². The van der Waals surface area contributed by atoms with Crippen LogP contribution in [-0.4, -0.2) is 33.8 Å². The summed E-state index contributed by atoms with van der Waals surface area (Å²) in [4.78, 5) is 22.6. The zero-order valence-electron chi connectivity index (χ0n) is 10.8. The smallest absolute Gasteiger partial charge is 0.264 e. The Morgan fingerprint density at radius 1 is 1.26 bits per heavy atom. The fraction of sp³-hybridized carbons (Fsp3) is 0.333. The van der Waals surface area contributed by atoms with E-state index in [2.05, 4.69) is 4.36 Å². The third kappa shape index (κ3) is 5.44. The number of carbonyl (C=O) groups excluding carboxylic acids is 2. The molecular weight excluding hydrogens is 284 g/mol. The van der Waals surface area contributed by atoms with E-state index >= 15 is 0 Å². The fourth-order valence-electron chi connectivity index (χ4n) is 1.30.